The van der Waals surface area contributed by atoms with E-state index in [1.54, 1.807) is 24.3 Å². The van der Waals surface area contributed by atoms with Gasteiger partial charge in [-0.15, -0.1) is 26.3 Å². The summed E-state index contributed by atoms with van der Waals surface area (Å²) in [5, 5.41) is 2.20. The van der Waals surface area contributed by atoms with Crippen molar-refractivity contribution in [1.82, 2.24) is 0 Å². The molecule has 1 saturated carbocycles. The van der Waals surface area contributed by atoms with Gasteiger partial charge in [0.1, 0.15) is 27.3 Å². The van der Waals surface area contributed by atoms with E-state index in [0.29, 0.717) is 24.0 Å². The highest BCUT2D eigenvalue weighted by atomic mass is 28.3. The summed E-state index contributed by atoms with van der Waals surface area (Å²) in [7, 11) is -4.05. The maximum atomic E-state index is 12.9. The quantitative estimate of drug-likeness (QED) is 0.139. The lowest BCUT2D eigenvalue weighted by atomic mass is 9.74. The van der Waals surface area contributed by atoms with Crippen molar-refractivity contribution in [3.63, 3.8) is 0 Å². The minimum absolute atomic E-state index is 0.318. The summed E-state index contributed by atoms with van der Waals surface area (Å²) in [5.41, 5.74) is 5.75. The Kier molecular flexibility index (Phi) is 10.9. The lowest BCUT2D eigenvalue weighted by molar-refractivity contribution is -0.403. The van der Waals surface area contributed by atoms with E-state index in [1.807, 2.05) is 47.1 Å². The highest BCUT2D eigenvalue weighted by Crippen LogP contribution is 2.42. The molecule has 6 nitrogen and oxygen atoms in total. The summed E-state index contributed by atoms with van der Waals surface area (Å²) in [4.78, 5) is 47.4. The Morgan fingerprint density at radius 2 is 0.976 bits per heavy atom. The van der Waals surface area contributed by atoms with Gasteiger partial charge in [0.25, 0.3) is 0 Å². The van der Waals surface area contributed by atoms with Gasteiger partial charge in [-0.05, 0) is 63.0 Å². The molecule has 8 heteroatoms. The van der Waals surface area contributed by atoms with E-state index in [9.17, 15) is 9.59 Å². The molecule has 0 heterocycles. The first-order valence-corrected chi connectivity index (χ1v) is 19.0. The van der Waals surface area contributed by atoms with Crippen molar-refractivity contribution < 1.29 is 29.1 Å². The zero-order valence-electron chi connectivity index (χ0n) is 24.9. The van der Waals surface area contributed by atoms with Gasteiger partial charge >= 0.3 is 11.9 Å². The normalized spacial score (nSPS) is 20.7. The van der Waals surface area contributed by atoms with Crippen LogP contribution in [0.15, 0.2) is 97.6 Å². The van der Waals surface area contributed by atoms with E-state index in [4.69, 9.17) is 19.6 Å². The molecule has 0 amide bonds. The smallest absolute Gasteiger partial charge is 0.292 e. The zero-order valence-corrected chi connectivity index (χ0v) is 26.9. The number of hydrogen-bond acceptors (Lipinski definition) is 6. The number of carbonyl (C=O) groups is 2. The molecule has 2 aromatic carbocycles. The van der Waals surface area contributed by atoms with Crippen LogP contribution in [0.25, 0.3) is 0 Å². The Labute approximate surface area is 252 Å². The molecule has 3 rings (SSSR count). The maximum Gasteiger partial charge on any atom is 0.373 e. The number of benzene rings is 2. The highest BCUT2D eigenvalue weighted by molar-refractivity contribution is 7.00. The first-order chi connectivity index (χ1) is 20.0. The van der Waals surface area contributed by atoms with Crippen molar-refractivity contribution in [2.75, 3.05) is 0 Å². The Morgan fingerprint density at radius 1 is 0.667 bits per heavy atom. The Bertz CT molecular complexity index is 1180. The fourth-order valence-corrected chi connectivity index (χ4v) is 10.1. The topological polar surface area (TPSA) is 71.1 Å². The monoisotopic (exact) mass is 602 g/mol. The van der Waals surface area contributed by atoms with Crippen LogP contribution < -0.4 is 10.4 Å². The average molecular weight is 603 g/mol. The fourth-order valence-electron chi connectivity index (χ4n) is 5.30. The van der Waals surface area contributed by atoms with Crippen molar-refractivity contribution >= 4 is 38.5 Å². The third kappa shape index (κ3) is 6.52. The summed E-state index contributed by atoms with van der Waals surface area (Å²) in [6.07, 6.45) is 2.25. The van der Waals surface area contributed by atoms with Gasteiger partial charge in [-0.1, -0.05) is 84.1 Å². The summed E-state index contributed by atoms with van der Waals surface area (Å²) in [6, 6.07) is 16.2. The molecule has 2 unspecified atom stereocenters. The van der Waals surface area contributed by atoms with Gasteiger partial charge in [-0.25, -0.2) is 9.59 Å². The number of hydrogen-bond donors (Lipinski definition) is 0. The standard InChI is InChI=1S/C34H42O6Si2/c1-9-41(10-2,11-3)29-21-17-27(18-22-29)31(35)37-39-33(7)25-15-16-26-34(33,8)40-38-32(36)28-19-23-30(24-20-28)42(12-4,13-5)14-6/h9-10,12-13,17-24H,1-2,4-5,7-8,11,14-16,25-26H2,3,6H3. The van der Waals surface area contributed by atoms with Gasteiger partial charge in [0, 0.05) is 0 Å². The molecular weight excluding hydrogens is 561 g/mol. The molecule has 0 spiro atoms. The zero-order chi connectivity index (χ0) is 31.0. The summed E-state index contributed by atoms with van der Waals surface area (Å²) >= 11 is 0. The molecule has 222 valence electrons. The Balaban J connectivity index is 1.68. The van der Waals surface area contributed by atoms with E-state index >= 15 is 0 Å². The first-order valence-electron chi connectivity index (χ1n) is 14.3. The van der Waals surface area contributed by atoms with Gasteiger partial charge in [0.2, 0.25) is 0 Å². The number of carbonyl (C=O) groups excluding carboxylic acids is 2. The van der Waals surface area contributed by atoms with Gasteiger partial charge in [-0.2, -0.15) is 9.78 Å². The van der Waals surface area contributed by atoms with Crippen LogP contribution >= 0.6 is 0 Å². The van der Waals surface area contributed by atoms with Crippen LogP contribution in [0, 0.1) is 13.8 Å². The van der Waals surface area contributed by atoms with E-state index < -0.39 is 39.3 Å². The molecule has 0 bridgehead atoms. The fraction of sp³-hybridized carbons (Fsp3) is 0.294. The van der Waals surface area contributed by atoms with Crippen molar-refractivity contribution in [3.05, 3.63) is 123 Å². The number of rotatable bonds is 14. The van der Waals surface area contributed by atoms with Crippen molar-refractivity contribution in [2.45, 2.75) is 62.8 Å². The van der Waals surface area contributed by atoms with E-state index in [1.165, 1.54) is 0 Å². The van der Waals surface area contributed by atoms with Crippen LogP contribution in [0.5, 0.6) is 0 Å². The molecule has 2 radical (unpaired) electrons. The predicted molar refractivity (Wildman–Crippen MR) is 173 cm³/mol. The molecule has 0 N–H and O–H groups in total. The molecule has 0 aromatic heterocycles. The molecule has 42 heavy (non-hydrogen) atoms. The second kappa shape index (κ2) is 13.8. The average Bonchev–Trinajstić information content (AvgIpc) is 3.03. The van der Waals surface area contributed by atoms with E-state index in [0.717, 1.165) is 35.3 Å². The van der Waals surface area contributed by atoms with Crippen LogP contribution in [-0.2, 0) is 19.6 Å². The lowest BCUT2D eigenvalue weighted by Gasteiger charge is -2.44. The SMILES string of the molecule is [CH2]C1(OOC(=O)c2ccc([Si](C=C)(C=C)CC)cc2)CCCCC1([CH2])OOC(=O)c1ccc([Si](C=C)(C=C)CC)cc1. The molecule has 0 saturated heterocycles. The van der Waals surface area contributed by atoms with Crippen LogP contribution in [-0.4, -0.2) is 39.3 Å². The molecule has 1 aliphatic rings. The lowest BCUT2D eigenvalue weighted by Crippen LogP contribution is -2.56. The van der Waals surface area contributed by atoms with Crippen LogP contribution in [0.4, 0.5) is 0 Å². The third-order valence-electron chi connectivity index (χ3n) is 8.74. The van der Waals surface area contributed by atoms with E-state index in [2.05, 4.69) is 54.0 Å². The predicted octanol–water partition coefficient (Wildman–Crippen LogP) is 6.54. The maximum absolute atomic E-state index is 12.9. The Hall–Kier alpha value is -3.31. The molecule has 2 atom stereocenters. The molecular formula is C34H42O6Si2. The minimum atomic E-state index is -2.03. The van der Waals surface area contributed by atoms with Crippen LogP contribution in [0.3, 0.4) is 0 Å². The van der Waals surface area contributed by atoms with Crippen molar-refractivity contribution in [1.29, 1.82) is 0 Å². The molecule has 1 aliphatic carbocycles. The van der Waals surface area contributed by atoms with Gasteiger partial charge < -0.3 is 0 Å². The molecule has 1 fully saturated rings. The largest absolute Gasteiger partial charge is 0.373 e. The highest BCUT2D eigenvalue weighted by Gasteiger charge is 2.53. The van der Waals surface area contributed by atoms with Crippen LogP contribution in [0.2, 0.25) is 12.1 Å². The van der Waals surface area contributed by atoms with Gasteiger partial charge in [0.15, 0.2) is 0 Å². The van der Waals surface area contributed by atoms with Crippen molar-refractivity contribution in [3.8, 4) is 0 Å². The third-order valence-corrected chi connectivity index (χ3v) is 16.8. The minimum Gasteiger partial charge on any atom is -0.292 e. The second-order valence-electron chi connectivity index (χ2n) is 10.9. The van der Waals surface area contributed by atoms with Crippen molar-refractivity contribution in [2.24, 2.45) is 0 Å². The Morgan fingerprint density at radius 3 is 1.24 bits per heavy atom. The van der Waals surface area contributed by atoms with Crippen LogP contribution in [0.1, 0.15) is 60.2 Å². The summed E-state index contributed by atoms with van der Waals surface area (Å²) in [6.45, 7) is 28.5. The summed E-state index contributed by atoms with van der Waals surface area (Å²) in [5.74, 6) is -1.36. The first kappa shape index (κ1) is 33.2. The second-order valence-corrected chi connectivity index (χ2v) is 19.2. The summed E-state index contributed by atoms with van der Waals surface area (Å²) < 4.78 is 0. The van der Waals surface area contributed by atoms with Gasteiger partial charge in [-0.3, -0.25) is 9.78 Å². The molecule has 2 aromatic rings. The van der Waals surface area contributed by atoms with Gasteiger partial charge in [0.05, 0.1) is 11.1 Å². The molecule has 0 aliphatic heterocycles. The van der Waals surface area contributed by atoms with E-state index in [-0.39, 0.29) is 0 Å².